The van der Waals surface area contributed by atoms with Gasteiger partial charge in [0, 0.05) is 27.9 Å². The van der Waals surface area contributed by atoms with E-state index in [1.54, 1.807) is 18.4 Å². The van der Waals surface area contributed by atoms with Crippen LogP contribution in [0.3, 0.4) is 0 Å². The van der Waals surface area contributed by atoms with Crippen LogP contribution in [0.5, 0.6) is 5.75 Å². The summed E-state index contributed by atoms with van der Waals surface area (Å²) in [7, 11) is 1.67. The van der Waals surface area contributed by atoms with Gasteiger partial charge in [0.25, 0.3) is 0 Å². The van der Waals surface area contributed by atoms with Gasteiger partial charge in [0.1, 0.15) is 5.75 Å². The number of para-hydroxylation sites is 1. The highest BCUT2D eigenvalue weighted by Gasteiger charge is 2.16. The number of carbonyl (C=O) groups excluding carboxylic acids is 1. The third-order valence-corrected chi connectivity index (χ3v) is 6.20. The zero-order valence-corrected chi connectivity index (χ0v) is 17.4. The lowest BCUT2D eigenvalue weighted by atomic mass is 10.0. The number of thiophene rings is 1. The molecule has 2 aromatic carbocycles. The minimum Gasteiger partial charge on any atom is -0.497 e. The van der Waals surface area contributed by atoms with E-state index in [9.17, 15) is 4.79 Å². The Labute approximate surface area is 174 Å². The molecule has 1 atom stereocenters. The standard InChI is InChI=1S/C24H24N2O2S/c1-16(22-8-5-15-29-22)25-23(27)14-13-20-19-6-3-4-7-21(19)26-24(20)17-9-11-18(28-2)12-10-17/h3-12,15-16,26H,13-14H2,1-2H3,(H,25,27). The number of nitrogens with one attached hydrogen (secondary N) is 2. The molecule has 0 bridgehead atoms. The van der Waals surface area contributed by atoms with Crippen LogP contribution >= 0.6 is 11.3 Å². The highest BCUT2D eigenvalue weighted by atomic mass is 32.1. The Kier molecular flexibility index (Phi) is 5.67. The van der Waals surface area contributed by atoms with Gasteiger partial charge in [-0.05, 0) is 66.2 Å². The number of carbonyl (C=O) groups is 1. The molecule has 5 heteroatoms. The monoisotopic (exact) mass is 404 g/mol. The normalized spacial score (nSPS) is 12.1. The fourth-order valence-electron chi connectivity index (χ4n) is 3.62. The maximum absolute atomic E-state index is 12.6. The molecule has 2 N–H and O–H groups in total. The number of hydrogen-bond acceptors (Lipinski definition) is 3. The maximum Gasteiger partial charge on any atom is 0.220 e. The number of hydrogen-bond donors (Lipinski definition) is 2. The lowest BCUT2D eigenvalue weighted by Gasteiger charge is -2.12. The highest BCUT2D eigenvalue weighted by molar-refractivity contribution is 7.10. The van der Waals surface area contributed by atoms with Crippen molar-refractivity contribution in [2.24, 2.45) is 0 Å². The molecule has 4 aromatic rings. The van der Waals surface area contributed by atoms with Crippen molar-refractivity contribution >= 4 is 28.1 Å². The van der Waals surface area contributed by atoms with E-state index < -0.39 is 0 Å². The molecule has 0 aliphatic rings. The van der Waals surface area contributed by atoms with Crippen molar-refractivity contribution in [3.63, 3.8) is 0 Å². The average Bonchev–Trinajstić information content (AvgIpc) is 3.40. The van der Waals surface area contributed by atoms with Crippen molar-refractivity contribution in [1.29, 1.82) is 0 Å². The summed E-state index contributed by atoms with van der Waals surface area (Å²) in [5, 5.41) is 6.31. The van der Waals surface area contributed by atoms with E-state index in [-0.39, 0.29) is 11.9 Å². The minimum absolute atomic E-state index is 0.0338. The summed E-state index contributed by atoms with van der Waals surface area (Å²) in [6, 6.07) is 20.4. The SMILES string of the molecule is COc1ccc(-c2[nH]c3ccccc3c2CCC(=O)NC(C)c2cccs2)cc1. The Morgan fingerprint density at radius 2 is 1.90 bits per heavy atom. The third kappa shape index (κ3) is 4.20. The van der Waals surface area contributed by atoms with Crippen LogP contribution in [-0.4, -0.2) is 18.0 Å². The molecule has 0 saturated heterocycles. The van der Waals surface area contributed by atoms with Gasteiger partial charge in [-0.3, -0.25) is 4.79 Å². The molecule has 0 aliphatic heterocycles. The van der Waals surface area contributed by atoms with Crippen molar-refractivity contribution in [3.8, 4) is 17.0 Å². The molecule has 29 heavy (non-hydrogen) atoms. The third-order valence-electron chi connectivity index (χ3n) is 5.14. The quantitative estimate of drug-likeness (QED) is 0.414. The Hall–Kier alpha value is -3.05. The summed E-state index contributed by atoms with van der Waals surface area (Å²) >= 11 is 1.66. The molecule has 2 heterocycles. The number of H-pyrrole nitrogens is 1. The second-order valence-corrected chi connectivity index (χ2v) is 8.04. The molecule has 4 rings (SSSR count). The Bertz CT molecular complexity index is 1100. The molecular weight excluding hydrogens is 380 g/mol. The first-order chi connectivity index (χ1) is 14.2. The largest absolute Gasteiger partial charge is 0.497 e. The summed E-state index contributed by atoms with van der Waals surface area (Å²) < 4.78 is 5.28. The lowest BCUT2D eigenvalue weighted by molar-refractivity contribution is -0.121. The summed E-state index contributed by atoms with van der Waals surface area (Å²) in [4.78, 5) is 17.3. The van der Waals surface area contributed by atoms with Gasteiger partial charge < -0.3 is 15.0 Å². The summed E-state index contributed by atoms with van der Waals surface area (Å²) in [6.45, 7) is 2.03. The fraction of sp³-hybridized carbons (Fsp3) is 0.208. The predicted molar refractivity (Wildman–Crippen MR) is 119 cm³/mol. The predicted octanol–water partition coefficient (Wildman–Crippen LogP) is 5.72. The van der Waals surface area contributed by atoms with Crippen molar-refractivity contribution in [2.75, 3.05) is 7.11 Å². The van der Waals surface area contributed by atoms with E-state index in [1.807, 2.05) is 54.8 Å². The number of fused-ring (bicyclic) bond motifs is 1. The van der Waals surface area contributed by atoms with Crippen LogP contribution in [0.1, 0.15) is 29.8 Å². The number of aromatic amines is 1. The van der Waals surface area contributed by atoms with Gasteiger partial charge in [-0.15, -0.1) is 11.3 Å². The minimum atomic E-state index is 0.0338. The van der Waals surface area contributed by atoms with Gasteiger partial charge >= 0.3 is 0 Å². The van der Waals surface area contributed by atoms with Gasteiger partial charge in [-0.25, -0.2) is 0 Å². The molecule has 1 amide bonds. The molecule has 1 unspecified atom stereocenters. The Morgan fingerprint density at radius 3 is 2.62 bits per heavy atom. The van der Waals surface area contributed by atoms with E-state index in [0.717, 1.165) is 27.9 Å². The molecule has 4 nitrogen and oxygen atoms in total. The van der Waals surface area contributed by atoms with E-state index in [0.29, 0.717) is 12.8 Å². The first kappa shape index (κ1) is 19.3. The van der Waals surface area contributed by atoms with E-state index in [4.69, 9.17) is 4.74 Å². The number of ether oxygens (including phenoxy) is 1. The van der Waals surface area contributed by atoms with Crippen LogP contribution in [0.4, 0.5) is 0 Å². The molecule has 0 aliphatic carbocycles. The molecule has 2 aromatic heterocycles. The summed E-state index contributed by atoms with van der Waals surface area (Å²) in [5.74, 6) is 0.894. The summed E-state index contributed by atoms with van der Waals surface area (Å²) in [6.07, 6.45) is 1.12. The maximum atomic E-state index is 12.6. The zero-order chi connectivity index (χ0) is 20.2. The lowest BCUT2D eigenvalue weighted by Crippen LogP contribution is -2.26. The molecule has 0 fully saturated rings. The highest BCUT2D eigenvalue weighted by Crippen LogP contribution is 2.32. The topological polar surface area (TPSA) is 54.1 Å². The van der Waals surface area contributed by atoms with Gasteiger partial charge in [0.15, 0.2) is 0 Å². The Balaban J connectivity index is 1.56. The van der Waals surface area contributed by atoms with E-state index in [1.165, 1.54) is 10.4 Å². The van der Waals surface area contributed by atoms with Crippen LogP contribution in [-0.2, 0) is 11.2 Å². The number of benzene rings is 2. The molecule has 0 saturated carbocycles. The first-order valence-corrected chi connectivity index (χ1v) is 10.6. The van der Waals surface area contributed by atoms with Crippen LogP contribution < -0.4 is 10.1 Å². The number of rotatable bonds is 7. The number of methoxy groups -OCH3 is 1. The van der Waals surface area contributed by atoms with E-state index in [2.05, 4.69) is 28.5 Å². The van der Waals surface area contributed by atoms with Gasteiger partial charge in [-0.1, -0.05) is 24.3 Å². The van der Waals surface area contributed by atoms with Crippen molar-refractivity contribution in [2.45, 2.75) is 25.8 Å². The number of aromatic nitrogens is 1. The zero-order valence-electron chi connectivity index (χ0n) is 16.6. The number of aryl methyl sites for hydroxylation is 1. The van der Waals surface area contributed by atoms with Gasteiger partial charge in [0.2, 0.25) is 5.91 Å². The second kappa shape index (κ2) is 8.53. The van der Waals surface area contributed by atoms with Crippen molar-refractivity contribution in [3.05, 3.63) is 76.5 Å². The van der Waals surface area contributed by atoms with E-state index >= 15 is 0 Å². The Morgan fingerprint density at radius 1 is 1.10 bits per heavy atom. The summed E-state index contributed by atoms with van der Waals surface area (Å²) in [5.41, 5.74) is 4.41. The van der Waals surface area contributed by atoms with Crippen LogP contribution in [0.2, 0.25) is 0 Å². The second-order valence-electron chi connectivity index (χ2n) is 7.06. The van der Waals surface area contributed by atoms with Crippen LogP contribution in [0, 0.1) is 0 Å². The fourth-order valence-corrected chi connectivity index (χ4v) is 4.36. The smallest absolute Gasteiger partial charge is 0.220 e. The average molecular weight is 405 g/mol. The first-order valence-electron chi connectivity index (χ1n) is 9.72. The van der Waals surface area contributed by atoms with Crippen molar-refractivity contribution < 1.29 is 9.53 Å². The van der Waals surface area contributed by atoms with Crippen LogP contribution in [0.25, 0.3) is 22.2 Å². The van der Waals surface area contributed by atoms with Gasteiger partial charge in [-0.2, -0.15) is 0 Å². The molecule has 0 radical (unpaired) electrons. The molecule has 148 valence electrons. The van der Waals surface area contributed by atoms with Gasteiger partial charge in [0.05, 0.1) is 13.2 Å². The number of amides is 1. The molecule has 0 spiro atoms. The van der Waals surface area contributed by atoms with Crippen molar-refractivity contribution in [1.82, 2.24) is 10.3 Å². The molecular formula is C24H24N2O2S. The van der Waals surface area contributed by atoms with Crippen LogP contribution in [0.15, 0.2) is 66.0 Å².